The molecule has 2 heterocycles. The van der Waals surface area contributed by atoms with Crippen molar-refractivity contribution in [3.05, 3.63) is 29.3 Å². The molecular weight excluding hydrogens is 226 g/mol. The highest BCUT2D eigenvalue weighted by Gasteiger charge is 2.30. The maximum absolute atomic E-state index is 9.54. The van der Waals surface area contributed by atoms with Crippen molar-refractivity contribution < 1.29 is 9.84 Å². The number of aliphatic hydroxyl groups is 1. The van der Waals surface area contributed by atoms with E-state index in [1.54, 1.807) is 0 Å². The number of benzene rings is 1. The van der Waals surface area contributed by atoms with Gasteiger partial charge in [0.05, 0.1) is 6.10 Å². The summed E-state index contributed by atoms with van der Waals surface area (Å²) in [5.74, 6) is 1.03. The van der Waals surface area contributed by atoms with Gasteiger partial charge in [-0.3, -0.25) is 4.90 Å². The molecule has 2 aliphatic rings. The summed E-state index contributed by atoms with van der Waals surface area (Å²) >= 11 is 0. The number of rotatable bonds is 2. The van der Waals surface area contributed by atoms with Gasteiger partial charge < -0.3 is 9.84 Å². The van der Waals surface area contributed by atoms with Crippen molar-refractivity contribution in [3.63, 3.8) is 0 Å². The summed E-state index contributed by atoms with van der Waals surface area (Å²) in [6.07, 6.45) is 1.75. The lowest BCUT2D eigenvalue weighted by atomic mass is 10.00. The smallest absolute Gasteiger partial charge is 0.123 e. The summed E-state index contributed by atoms with van der Waals surface area (Å²) in [6, 6.07) is 6.49. The van der Waals surface area contributed by atoms with Crippen molar-refractivity contribution in [2.24, 2.45) is 0 Å². The SMILES string of the molecule is CC1(C)Cc2cc(CN3CC[C@@H](O)C3)ccc2O1. The van der Waals surface area contributed by atoms with Crippen LogP contribution in [0.4, 0.5) is 0 Å². The van der Waals surface area contributed by atoms with Gasteiger partial charge in [0.2, 0.25) is 0 Å². The third-order valence-corrected chi connectivity index (χ3v) is 3.78. The van der Waals surface area contributed by atoms with Crippen LogP contribution >= 0.6 is 0 Å². The molecule has 1 aromatic rings. The van der Waals surface area contributed by atoms with Crippen LogP contribution in [-0.4, -0.2) is 34.8 Å². The Labute approximate surface area is 108 Å². The van der Waals surface area contributed by atoms with Gasteiger partial charge in [-0.05, 0) is 37.5 Å². The Bertz CT molecular complexity index is 456. The molecule has 1 atom stereocenters. The van der Waals surface area contributed by atoms with Crippen LogP contribution < -0.4 is 4.74 Å². The predicted molar refractivity (Wildman–Crippen MR) is 70.8 cm³/mol. The number of fused-ring (bicyclic) bond motifs is 1. The molecule has 98 valence electrons. The van der Waals surface area contributed by atoms with Gasteiger partial charge >= 0.3 is 0 Å². The average Bonchev–Trinajstić information content (AvgIpc) is 2.80. The summed E-state index contributed by atoms with van der Waals surface area (Å²) < 4.78 is 5.88. The fourth-order valence-corrected chi connectivity index (χ4v) is 2.98. The zero-order chi connectivity index (χ0) is 12.8. The molecule has 0 unspecified atom stereocenters. The average molecular weight is 247 g/mol. The van der Waals surface area contributed by atoms with E-state index in [1.165, 1.54) is 11.1 Å². The normalized spacial score (nSPS) is 26.1. The molecule has 3 heteroatoms. The minimum atomic E-state index is -0.137. The third kappa shape index (κ3) is 2.38. The number of β-amino-alcohol motifs (C(OH)–C–C–N with tert-alkyl or cyclic N) is 1. The van der Waals surface area contributed by atoms with Crippen molar-refractivity contribution in [3.8, 4) is 5.75 Å². The maximum atomic E-state index is 9.54. The second-order valence-corrected chi connectivity index (χ2v) is 6.16. The van der Waals surface area contributed by atoms with Gasteiger partial charge in [0.25, 0.3) is 0 Å². The number of likely N-dealkylation sites (tertiary alicyclic amines) is 1. The van der Waals surface area contributed by atoms with E-state index in [4.69, 9.17) is 4.74 Å². The lowest BCUT2D eigenvalue weighted by Crippen LogP contribution is -2.24. The number of nitrogens with zero attached hydrogens (tertiary/aromatic N) is 1. The Morgan fingerprint density at radius 1 is 1.44 bits per heavy atom. The van der Waals surface area contributed by atoms with Crippen molar-refractivity contribution in [2.45, 2.75) is 44.9 Å². The second kappa shape index (κ2) is 4.25. The Kier molecular flexibility index (Phi) is 2.83. The van der Waals surface area contributed by atoms with Gasteiger partial charge in [-0.15, -0.1) is 0 Å². The van der Waals surface area contributed by atoms with Crippen LogP contribution in [0.5, 0.6) is 5.75 Å². The lowest BCUT2D eigenvalue weighted by molar-refractivity contribution is 0.138. The second-order valence-electron chi connectivity index (χ2n) is 6.16. The fraction of sp³-hybridized carbons (Fsp3) is 0.600. The van der Waals surface area contributed by atoms with Crippen molar-refractivity contribution in [1.82, 2.24) is 4.90 Å². The molecule has 1 fully saturated rings. The summed E-state index contributed by atoms with van der Waals surface area (Å²) in [4.78, 5) is 2.31. The Morgan fingerprint density at radius 3 is 3.00 bits per heavy atom. The van der Waals surface area contributed by atoms with E-state index in [9.17, 15) is 5.11 Å². The molecule has 0 saturated carbocycles. The first-order valence-electron chi connectivity index (χ1n) is 6.73. The third-order valence-electron chi connectivity index (χ3n) is 3.78. The van der Waals surface area contributed by atoms with Gasteiger partial charge in [0, 0.05) is 26.1 Å². The van der Waals surface area contributed by atoms with E-state index < -0.39 is 0 Å². The number of aliphatic hydroxyl groups excluding tert-OH is 1. The Morgan fingerprint density at radius 2 is 2.28 bits per heavy atom. The van der Waals surface area contributed by atoms with Crippen LogP contribution in [0.3, 0.4) is 0 Å². The first kappa shape index (κ1) is 12.0. The van der Waals surface area contributed by atoms with E-state index in [-0.39, 0.29) is 11.7 Å². The number of ether oxygens (including phenoxy) is 1. The summed E-state index contributed by atoms with van der Waals surface area (Å²) in [5.41, 5.74) is 2.58. The zero-order valence-corrected chi connectivity index (χ0v) is 11.1. The van der Waals surface area contributed by atoms with Crippen LogP contribution in [0.2, 0.25) is 0 Å². The van der Waals surface area contributed by atoms with Crippen LogP contribution in [0.25, 0.3) is 0 Å². The van der Waals surface area contributed by atoms with Crippen molar-refractivity contribution in [1.29, 1.82) is 0 Å². The van der Waals surface area contributed by atoms with Gasteiger partial charge in [-0.2, -0.15) is 0 Å². The molecule has 1 aromatic carbocycles. The molecule has 2 aliphatic heterocycles. The lowest BCUT2D eigenvalue weighted by Gasteiger charge is -2.16. The Balaban J connectivity index is 1.72. The van der Waals surface area contributed by atoms with E-state index in [0.717, 1.165) is 38.2 Å². The standard InChI is InChI=1S/C15H21NO2/c1-15(2)8-12-7-11(3-4-14(12)18-15)9-16-6-5-13(17)10-16/h3-4,7,13,17H,5-6,8-10H2,1-2H3/t13-/m1/s1. The first-order chi connectivity index (χ1) is 8.52. The van der Waals surface area contributed by atoms with E-state index in [1.807, 2.05) is 0 Å². The molecule has 0 amide bonds. The van der Waals surface area contributed by atoms with E-state index in [0.29, 0.717) is 0 Å². The molecule has 0 bridgehead atoms. The van der Waals surface area contributed by atoms with E-state index >= 15 is 0 Å². The van der Waals surface area contributed by atoms with Crippen LogP contribution in [0, 0.1) is 0 Å². The highest BCUT2D eigenvalue weighted by molar-refractivity contribution is 5.41. The molecule has 3 nitrogen and oxygen atoms in total. The highest BCUT2D eigenvalue weighted by atomic mass is 16.5. The Hall–Kier alpha value is -1.06. The number of hydrogen-bond donors (Lipinski definition) is 1. The molecular formula is C15H21NO2. The van der Waals surface area contributed by atoms with Crippen LogP contribution in [-0.2, 0) is 13.0 Å². The highest BCUT2D eigenvalue weighted by Crippen LogP contribution is 2.35. The largest absolute Gasteiger partial charge is 0.487 e. The molecule has 1 N–H and O–H groups in total. The van der Waals surface area contributed by atoms with E-state index in [2.05, 4.69) is 36.9 Å². The maximum Gasteiger partial charge on any atom is 0.123 e. The van der Waals surface area contributed by atoms with Crippen molar-refractivity contribution in [2.75, 3.05) is 13.1 Å². The molecule has 0 radical (unpaired) electrons. The van der Waals surface area contributed by atoms with Crippen molar-refractivity contribution >= 4 is 0 Å². The van der Waals surface area contributed by atoms with Gasteiger partial charge in [0.1, 0.15) is 11.4 Å². The van der Waals surface area contributed by atoms with Crippen LogP contribution in [0.15, 0.2) is 18.2 Å². The van der Waals surface area contributed by atoms with Gasteiger partial charge in [-0.25, -0.2) is 0 Å². The number of hydrogen-bond acceptors (Lipinski definition) is 3. The topological polar surface area (TPSA) is 32.7 Å². The summed E-state index contributed by atoms with van der Waals surface area (Å²) in [5, 5.41) is 9.54. The molecule has 1 saturated heterocycles. The summed E-state index contributed by atoms with van der Waals surface area (Å²) in [6.45, 7) is 7.00. The molecule has 0 aliphatic carbocycles. The first-order valence-corrected chi connectivity index (χ1v) is 6.73. The molecule has 3 rings (SSSR count). The monoisotopic (exact) mass is 247 g/mol. The minimum absolute atomic E-state index is 0.0647. The van der Waals surface area contributed by atoms with Crippen LogP contribution in [0.1, 0.15) is 31.4 Å². The summed E-state index contributed by atoms with van der Waals surface area (Å²) in [7, 11) is 0. The minimum Gasteiger partial charge on any atom is -0.487 e. The zero-order valence-electron chi connectivity index (χ0n) is 11.1. The van der Waals surface area contributed by atoms with Gasteiger partial charge in [0.15, 0.2) is 0 Å². The molecule has 0 aromatic heterocycles. The molecule has 18 heavy (non-hydrogen) atoms. The fourth-order valence-electron chi connectivity index (χ4n) is 2.98. The van der Waals surface area contributed by atoms with Gasteiger partial charge in [-0.1, -0.05) is 12.1 Å². The molecule has 0 spiro atoms. The predicted octanol–water partition coefficient (Wildman–Crippen LogP) is 1.97. The quantitative estimate of drug-likeness (QED) is 0.867.